The molecule has 0 bridgehead atoms. The van der Waals surface area contributed by atoms with Crippen LogP contribution in [-0.4, -0.2) is 28.6 Å². The van der Waals surface area contributed by atoms with E-state index in [0.717, 1.165) is 31.0 Å². The SMILES string of the molecule is CCC(CCCCBr)CN1C(=O)c2ccccc2C1=O. The molecule has 1 aliphatic rings. The summed E-state index contributed by atoms with van der Waals surface area (Å²) in [4.78, 5) is 26.0. The molecule has 0 saturated heterocycles. The van der Waals surface area contributed by atoms with E-state index in [0.29, 0.717) is 23.6 Å². The first-order valence-electron chi connectivity index (χ1n) is 7.20. The summed E-state index contributed by atoms with van der Waals surface area (Å²) in [5, 5.41) is 1.01. The fourth-order valence-electron chi connectivity index (χ4n) is 2.62. The van der Waals surface area contributed by atoms with Crippen LogP contribution in [0.2, 0.25) is 0 Å². The molecule has 0 spiro atoms. The number of nitrogens with zero attached hydrogens (tertiary/aromatic N) is 1. The van der Waals surface area contributed by atoms with Crippen LogP contribution in [0.15, 0.2) is 24.3 Å². The van der Waals surface area contributed by atoms with E-state index < -0.39 is 0 Å². The predicted octanol–water partition coefficient (Wildman–Crippen LogP) is 3.87. The second-order valence-corrected chi connectivity index (χ2v) is 6.02. The highest BCUT2D eigenvalue weighted by Gasteiger charge is 2.35. The molecular weight excluding hydrogens is 318 g/mol. The normalized spacial score (nSPS) is 15.6. The number of carbonyl (C=O) groups is 2. The smallest absolute Gasteiger partial charge is 0.261 e. The Morgan fingerprint density at radius 1 is 1.10 bits per heavy atom. The standard InChI is InChI=1S/C16H20BrNO2/c1-2-12(7-5-6-10-17)11-18-15(19)13-8-3-4-9-14(13)16(18)20/h3-4,8-9,12H,2,5-7,10-11H2,1H3. The number of unbranched alkanes of at least 4 members (excludes halogenated alkanes) is 1. The van der Waals surface area contributed by atoms with Crippen LogP contribution in [0, 0.1) is 5.92 Å². The van der Waals surface area contributed by atoms with E-state index in [1.54, 1.807) is 24.3 Å². The highest BCUT2D eigenvalue weighted by molar-refractivity contribution is 9.09. The van der Waals surface area contributed by atoms with Crippen molar-refractivity contribution >= 4 is 27.7 Å². The Labute approximate surface area is 128 Å². The largest absolute Gasteiger partial charge is 0.274 e. The lowest BCUT2D eigenvalue weighted by Gasteiger charge is -2.21. The average molecular weight is 338 g/mol. The monoisotopic (exact) mass is 337 g/mol. The molecule has 2 amide bonds. The van der Waals surface area contributed by atoms with E-state index in [9.17, 15) is 9.59 Å². The summed E-state index contributed by atoms with van der Waals surface area (Å²) in [7, 11) is 0. The van der Waals surface area contributed by atoms with Crippen LogP contribution in [0.1, 0.15) is 53.3 Å². The topological polar surface area (TPSA) is 37.4 Å². The van der Waals surface area contributed by atoms with Gasteiger partial charge in [0, 0.05) is 11.9 Å². The van der Waals surface area contributed by atoms with E-state index in [2.05, 4.69) is 22.9 Å². The molecule has 1 aliphatic heterocycles. The number of hydrogen-bond acceptors (Lipinski definition) is 2. The van der Waals surface area contributed by atoms with Gasteiger partial charge in [0.1, 0.15) is 0 Å². The Hall–Kier alpha value is -1.16. The Balaban J connectivity index is 2.03. The van der Waals surface area contributed by atoms with Crippen molar-refractivity contribution in [2.24, 2.45) is 5.92 Å². The molecule has 1 aromatic carbocycles. The van der Waals surface area contributed by atoms with E-state index in [-0.39, 0.29) is 11.8 Å². The third-order valence-corrected chi connectivity index (χ3v) is 4.45. The van der Waals surface area contributed by atoms with Gasteiger partial charge in [0.25, 0.3) is 11.8 Å². The lowest BCUT2D eigenvalue weighted by molar-refractivity contribution is 0.0624. The minimum absolute atomic E-state index is 0.135. The van der Waals surface area contributed by atoms with Crippen LogP contribution in [0.5, 0.6) is 0 Å². The first-order valence-corrected chi connectivity index (χ1v) is 8.32. The molecule has 0 radical (unpaired) electrons. The van der Waals surface area contributed by atoms with Crippen molar-refractivity contribution in [3.05, 3.63) is 35.4 Å². The lowest BCUT2D eigenvalue weighted by Crippen LogP contribution is -2.34. The molecule has 1 atom stereocenters. The number of benzene rings is 1. The Morgan fingerprint density at radius 2 is 1.70 bits per heavy atom. The molecule has 20 heavy (non-hydrogen) atoms. The summed E-state index contributed by atoms with van der Waals surface area (Å²) < 4.78 is 0. The fourth-order valence-corrected chi connectivity index (χ4v) is 3.01. The molecule has 0 saturated carbocycles. The summed E-state index contributed by atoms with van der Waals surface area (Å²) >= 11 is 3.43. The van der Waals surface area contributed by atoms with Crippen molar-refractivity contribution < 1.29 is 9.59 Å². The number of carbonyl (C=O) groups excluding carboxylic acids is 2. The van der Waals surface area contributed by atoms with Gasteiger partial charge >= 0.3 is 0 Å². The first kappa shape index (κ1) is 15.2. The summed E-state index contributed by atoms with van der Waals surface area (Å²) in [5.74, 6) is 0.130. The van der Waals surface area contributed by atoms with Gasteiger partial charge in [-0.05, 0) is 30.9 Å². The molecule has 108 valence electrons. The van der Waals surface area contributed by atoms with Gasteiger partial charge in [-0.2, -0.15) is 0 Å². The second kappa shape index (κ2) is 7.02. The van der Waals surface area contributed by atoms with E-state index >= 15 is 0 Å². The fraction of sp³-hybridized carbons (Fsp3) is 0.500. The van der Waals surface area contributed by atoms with Gasteiger partial charge in [-0.3, -0.25) is 14.5 Å². The number of imide groups is 1. The zero-order valence-electron chi connectivity index (χ0n) is 11.8. The molecule has 1 unspecified atom stereocenters. The van der Waals surface area contributed by atoms with Crippen LogP contribution in [0.4, 0.5) is 0 Å². The Morgan fingerprint density at radius 3 is 2.20 bits per heavy atom. The van der Waals surface area contributed by atoms with E-state index in [1.807, 2.05) is 0 Å². The van der Waals surface area contributed by atoms with Crippen molar-refractivity contribution in [3.8, 4) is 0 Å². The zero-order valence-corrected chi connectivity index (χ0v) is 13.4. The van der Waals surface area contributed by atoms with E-state index in [1.165, 1.54) is 4.90 Å². The van der Waals surface area contributed by atoms with Crippen LogP contribution in [-0.2, 0) is 0 Å². The van der Waals surface area contributed by atoms with Crippen LogP contribution in [0.25, 0.3) is 0 Å². The Kier molecular flexibility index (Phi) is 5.35. The van der Waals surface area contributed by atoms with Crippen molar-refractivity contribution in [1.29, 1.82) is 0 Å². The Bertz CT molecular complexity index is 466. The highest BCUT2D eigenvalue weighted by atomic mass is 79.9. The number of fused-ring (bicyclic) bond motifs is 1. The first-order chi connectivity index (χ1) is 9.69. The van der Waals surface area contributed by atoms with Crippen molar-refractivity contribution in [2.75, 3.05) is 11.9 Å². The minimum atomic E-state index is -0.135. The quantitative estimate of drug-likeness (QED) is 0.430. The van der Waals surface area contributed by atoms with Gasteiger partial charge in [-0.25, -0.2) is 0 Å². The predicted molar refractivity (Wildman–Crippen MR) is 83.2 cm³/mol. The van der Waals surface area contributed by atoms with Gasteiger partial charge in [0.05, 0.1) is 11.1 Å². The summed E-state index contributed by atoms with van der Waals surface area (Å²) in [6.07, 6.45) is 4.33. The van der Waals surface area contributed by atoms with E-state index in [4.69, 9.17) is 0 Å². The maximum atomic E-state index is 12.3. The number of rotatable bonds is 7. The molecule has 0 aliphatic carbocycles. The molecule has 0 N–H and O–H groups in total. The lowest BCUT2D eigenvalue weighted by atomic mass is 9.99. The highest BCUT2D eigenvalue weighted by Crippen LogP contribution is 2.25. The van der Waals surface area contributed by atoms with Gasteiger partial charge in [0.2, 0.25) is 0 Å². The van der Waals surface area contributed by atoms with Gasteiger partial charge < -0.3 is 0 Å². The molecule has 2 rings (SSSR count). The zero-order chi connectivity index (χ0) is 14.5. The number of alkyl halides is 1. The van der Waals surface area contributed by atoms with Crippen LogP contribution in [0.3, 0.4) is 0 Å². The van der Waals surface area contributed by atoms with Crippen LogP contribution < -0.4 is 0 Å². The third-order valence-electron chi connectivity index (χ3n) is 3.89. The summed E-state index contributed by atoms with van der Waals surface area (Å²) in [6, 6.07) is 7.09. The maximum Gasteiger partial charge on any atom is 0.261 e. The molecule has 1 heterocycles. The number of amides is 2. The number of hydrogen-bond donors (Lipinski definition) is 0. The molecular formula is C16H20BrNO2. The third kappa shape index (κ3) is 3.11. The minimum Gasteiger partial charge on any atom is -0.274 e. The van der Waals surface area contributed by atoms with Gasteiger partial charge in [-0.15, -0.1) is 0 Å². The molecule has 0 fully saturated rings. The second-order valence-electron chi connectivity index (χ2n) is 5.23. The number of halogens is 1. The summed E-state index contributed by atoms with van der Waals surface area (Å²) in [6.45, 7) is 2.67. The molecule has 3 nitrogen and oxygen atoms in total. The van der Waals surface area contributed by atoms with Crippen molar-refractivity contribution in [3.63, 3.8) is 0 Å². The average Bonchev–Trinajstić information content (AvgIpc) is 2.71. The molecule has 4 heteroatoms. The van der Waals surface area contributed by atoms with Crippen molar-refractivity contribution in [2.45, 2.75) is 32.6 Å². The van der Waals surface area contributed by atoms with Gasteiger partial charge in [0.15, 0.2) is 0 Å². The maximum absolute atomic E-state index is 12.3. The van der Waals surface area contributed by atoms with Crippen LogP contribution >= 0.6 is 15.9 Å². The molecule has 0 aromatic heterocycles. The van der Waals surface area contributed by atoms with Crippen molar-refractivity contribution in [1.82, 2.24) is 4.90 Å². The summed E-state index contributed by atoms with van der Waals surface area (Å²) in [5.41, 5.74) is 1.10. The van der Waals surface area contributed by atoms with Gasteiger partial charge in [-0.1, -0.05) is 47.8 Å². The molecule has 1 aromatic rings.